The highest BCUT2D eigenvalue weighted by Gasteiger charge is 2.49. The van der Waals surface area contributed by atoms with E-state index in [9.17, 15) is 19.8 Å². The predicted molar refractivity (Wildman–Crippen MR) is 113 cm³/mol. The van der Waals surface area contributed by atoms with E-state index < -0.39 is 42.5 Å². The number of hydrogen-bond donors (Lipinski definition) is 4. The first-order chi connectivity index (χ1) is 14.2. The number of amides is 1. The Balaban J connectivity index is 2.12. The molecule has 2 aliphatic rings. The molecular formula is C22H40N2O6. The van der Waals surface area contributed by atoms with Crippen molar-refractivity contribution < 1.29 is 29.3 Å². The maximum atomic E-state index is 12.9. The van der Waals surface area contributed by atoms with Crippen LogP contribution >= 0.6 is 0 Å². The number of rotatable bonds is 9. The van der Waals surface area contributed by atoms with Crippen LogP contribution in [0.15, 0.2) is 0 Å². The highest BCUT2D eigenvalue weighted by molar-refractivity contribution is 5.82. The van der Waals surface area contributed by atoms with Gasteiger partial charge in [0.15, 0.2) is 6.10 Å². The van der Waals surface area contributed by atoms with E-state index in [0.29, 0.717) is 12.3 Å². The second-order valence-corrected chi connectivity index (χ2v) is 9.11. The zero-order valence-corrected chi connectivity index (χ0v) is 19.0. The molecule has 8 atom stereocenters. The van der Waals surface area contributed by atoms with Crippen molar-refractivity contribution in [1.82, 2.24) is 10.6 Å². The minimum atomic E-state index is -1.28. The monoisotopic (exact) mass is 428 g/mol. The first-order valence-electron chi connectivity index (χ1n) is 11.4. The zero-order chi connectivity index (χ0) is 22.4. The third kappa shape index (κ3) is 6.15. The lowest BCUT2D eigenvalue weighted by atomic mass is 9.85. The average molecular weight is 429 g/mol. The number of aliphatic hydroxyl groups excluding tert-OH is 2. The van der Waals surface area contributed by atoms with Gasteiger partial charge < -0.3 is 30.3 Å². The smallest absolute Gasteiger partial charge is 0.303 e. The van der Waals surface area contributed by atoms with Crippen LogP contribution in [0.3, 0.4) is 0 Å². The summed E-state index contributed by atoms with van der Waals surface area (Å²) in [6.07, 6.45) is -0.493. The molecule has 0 radical (unpaired) electrons. The van der Waals surface area contributed by atoms with Crippen LogP contribution in [0, 0.1) is 11.8 Å². The van der Waals surface area contributed by atoms with Crippen molar-refractivity contribution in [3.8, 4) is 0 Å². The van der Waals surface area contributed by atoms with Crippen LogP contribution in [0.1, 0.15) is 66.7 Å². The number of ether oxygens (including phenoxy) is 2. The Kier molecular flexibility index (Phi) is 9.53. The first kappa shape index (κ1) is 25.0. The van der Waals surface area contributed by atoms with Gasteiger partial charge in [0, 0.05) is 6.92 Å². The number of carbonyl (C=O) groups excluding carboxylic acids is 2. The normalized spacial score (nSPS) is 35.3. The molecule has 30 heavy (non-hydrogen) atoms. The highest BCUT2D eigenvalue weighted by atomic mass is 16.6. The van der Waals surface area contributed by atoms with Crippen LogP contribution in [0.25, 0.3) is 0 Å². The van der Waals surface area contributed by atoms with Crippen LogP contribution in [0.5, 0.6) is 0 Å². The largest absolute Gasteiger partial charge is 0.457 e. The van der Waals surface area contributed by atoms with Crippen LogP contribution in [-0.4, -0.2) is 71.2 Å². The molecule has 0 aliphatic carbocycles. The van der Waals surface area contributed by atoms with Crippen molar-refractivity contribution in [3.05, 3.63) is 0 Å². The van der Waals surface area contributed by atoms with Gasteiger partial charge in [-0.1, -0.05) is 40.5 Å². The van der Waals surface area contributed by atoms with Crippen LogP contribution in [-0.2, 0) is 19.1 Å². The molecule has 0 saturated carbocycles. The van der Waals surface area contributed by atoms with E-state index in [1.165, 1.54) is 6.92 Å². The Hall–Kier alpha value is -1.22. The van der Waals surface area contributed by atoms with E-state index in [0.717, 1.165) is 32.2 Å². The van der Waals surface area contributed by atoms with Crippen molar-refractivity contribution >= 4 is 11.9 Å². The summed E-state index contributed by atoms with van der Waals surface area (Å²) >= 11 is 0. The molecule has 8 heteroatoms. The quantitative estimate of drug-likeness (QED) is 0.407. The Labute approximate surface area is 180 Å². The summed E-state index contributed by atoms with van der Waals surface area (Å²) in [7, 11) is 0. The maximum absolute atomic E-state index is 12.9. The van der Waals surface area contributed by atoms with Gasteiger partial charge in [0.2, 0.25) is 5.91 Å². The lowest BCUT2D eigenvalue weighted by Gasteiger charge is -2.46. The molecule has 0 bridgehead atoms. The molecule has 2 rings (SSSR count). The van der Waals surface area contributed by atoms with E-state index in [1.807, 2.05) is 20.8 Å². The minimum Gasteiger partial charge on any atom is -0.457 e. The number of carbonyl (C=O) groups is 2. The number of nitrogens with one attached hydrogen (secondary N) is 2. The summed E-state index contributed by atoms with van der Waals surface area (Å²) in [5.41, 5.74) is 0. The van der Waals surface area contributed by atoms with Crippen molar-refractivity contribution in [1.29, 1.82) is 0 Å². The van der Waals surface area contributed by atoms with Crippen LogP contribution in [0.4, 0.5) is 0 Å². The standard InChI is InChI=1S/C22H40N2O6/c1-6-8-14-10-15(23-11-14)22(28)24-17(12(3)4)21-19(27)18(26)20(29-13(5)25)16(30-21)9-7-2/h12,14-21,23,26-27H,6-11H2,1-5H3,(H,24,28)/t14-,15-,16+,17+,18-,19+,20-,21+/m0/s1. The molecule has 4 N–H and O–H groups in total. The van der Waals surface area contributed by atoms with Gasteiger partial charge in [-0.25, -0.2) is 0 Å². The van der Waals surface area contributed by atoms with Crippen molar-refractivity contribution in [2.24, 2.45) is 11.8 Å². The molecule has 2 saturated heterocycles. The number of esters is 1. The van der Waals surface area contributed by atoms with Crippen molar-refractivity contribution in [3.63, 3.8) is 0 Å². The van der Waals surface area contributed by atoms with Gasteiger partial charge in [-0.05, 0) is 37.6 Å². The van der Waals surface area contributed by atoms with Crippen LogP contribution in [0.2, 0.25) is 0 Å². The van der Waals surface area contributed by atoms with Gasteiger partial charge in [-0.15, -0.1) is 0 Å². The summed E-state index contributed by atoms with van der Waals surface area (Å²) in [6.45, 7) is 10.1. The zero-order valence-electron chi connectivity index (χ0n) is 19.0. The van der Waals surface area contributed by atoms with Crippen molar-refractivity contribution in [2.45, 2.75) is 109 Å². The van der Waals surface area contributed by atoms with Crippen LogP contribution < -0.4 is 10.6 Å². The van der Waals surface area contributed by atoms with Gasteiger partial charge in [-0.2, -0.15) is 0 Å². The molecule has 2 heterocycles. The van der Waals surface area contributed by atoms with Gasteiger partial charge in [0.05, 0.1) is 18.2 Å². The van der Waals surface area contributed by atoms with E-state index in [1.54, 1.807) is 0 Å². The Morgan fingerprint density at radius 1 is 1.17 bits per heavy atom. The second kappa shape index (κ2) is 11.4. The fourth-order valence-corrected chi connectivity index (χ4v) is 4.65. The van der Waals surface area contributed by atoms with E-state index in [4.69, 9.17) is 9.47 Å². The molecule has 0 aromatic rings. The third-order valence-electron chi connectivity index (χ3n) is 6.21. The lowest BCUT2D eigenvalue weighted by Crippen LogP contribution is -2.65. The molecule has 2 aliphatic heterocycles. The van der Waals surface area contributed by atoms with E-state index in [2.05, 4.69) is 17.6 Å². The van der Waals surface area contributed by atoms with Gasteiger partial charge in [0.1, 0.15) is 18.3 Å². The molecule has 0 spiro atoms. The average Bonchev–Trinajstić information content (AvgIpc) is 3.14. The molecule has 0 aromatic heterocycles. The number of aliphatic hydroxyl groups is 2. The summed E-state index contributed by atoms with van der Waals surface area (Å²) < 4.78 is 11.4. The number of hydrogen-bond acceptors (Lipinski definition) is 7. The summed E-state index contributed by atoms with van der Waals surface area (Å²) in [5, 5.41) is 27.8. The third-order valence-corrected chi connectivity index (χ3v) is 6.21. The topological polar surface area (TPSA) is 117 Å². The fraction of sp³-hybridized carbons (Fsp3) is 0.909. The predicted octanol–water partition coefficient (Wildman–Crippen LogP) is 1.13. The Morgan fingerprint density at radius 2 is 1.83 bits per heavy atom. The minimum absolute atomic E-state index is 0.0267. The molecule has 1 amide bonds. The summed E-state index contributed by atoms with van der Waals surface area (Å²) in [6, 6.07) is -0.736. The Morgan fingerprint density at radius 3 is 2.40 bits per heavy atom. The summed E-state index contributed by atoms with van der Waals surface area (Å²) in [4.78, 5) is 24.4. The molecule has 0 unspecified atom stereocenters. The van der Waals surface area contributed by atoms with Gasteiger partial charge >= 0.3 is 5.97 Å². The molecule has 2 fully saturated rings. The highest BCUT2D eigenvalue weighted by Crippen LogP contribution is 2.30. The molecule has 0 aromatic carbocycles. The van der Waals surface area contributed by atoms with E-state index in [-0.39, 0.29) is 17.9 Å². The fourth-order valence-electron chi connectivity index (χ4n) is 4.65. The first-order valence-corrected chi connectivity index (χ1v) is 11.4. The molecule has 174 valence electrons. The van der Waals surface area contributed by atoms with Gasteiger partial charge in [0.25, 0.3) is 0 Å². The SMILES string of the molecule is CCC[C@@H]1CN[C@H](C(=O)N[C@H](C(C)C)[C@H]2O[C@H](CCC)[C@H](OC(C)=O)[C@@H](O)[C@H]2O)C1. The molecular weight excluding hydrogens is 388 g/mol. The maximum Gasteiger partial charge on any atom is 0.303 e. The lowest BCUT2D eigenvalue weighted by molar-refractivity contribution is -0.240. The molecule has 8 nitrogen and oxygen atoms in total. The van der Waals surface area contributed by atoms with Gasteiger partial charge in [-0.3, -0.25) is 9.59 Å². The summed E-state index contributed by atoms with van der Waals surface area (Å²) in [5.74, 6) is -0.162. The Bertz CT molecular complexity index is 572. The van der Waals surface area contributed by atoms with E-state index >= 15 is 0 Å². The van der Waals surface area contributed by atoms with Crippen molar-refractivity contribution in [2.75, 3.05) is 6.54 Å². The second-order valence-electron chi connectivity index (χ2n) is 9.11.